The van der Waals surface area contributed by atoms with Crippen LogP contribution in [0.2, 0.25) is 13.3 Å². The van der Waals surface area contributed by atoms with E-state index in [0.717, 1.165) is 12.0 Å². The number of benzene rings is 1. The van der Waals surface area contributed by atoms with Crippen molar-refractivity contribution < 1.29 is 9.53 Å². The minimum atomic E-state index is -2.42. The quantitative estimate of drug-likeness (QED) is 0.241. The van der Waals surface area contributed by atoms with E-state index in [1.165, 1.54) is 62.3 Å². The fourth-order valence-corrected chi connectivity index (χ4v) is 25.8. The molecule has 182 valence electrons. The summed E-state index contributed by atoms with van der Waals surface area (Å²) in [4.78, 5) is 16.4. The molecule has 0 N–H and O–H groups in total. The molecular weight excluding hydrogens is 533 g/mol. The number of carbonyl (C=O) groups excluding carboxylic acids is 1. The van der Waals surface area contributed by atoms with E-state index in [1.807, 2.05) is 35.2 Å². The summed E-state index contributed by atoms with van der Waals surface area (Å²) >= 11 is -0.286. The van der Waals surface area contributed by atoms with Crippen LogP contribution in [0.3, 0.4) is 0 Å². The zero-order chi connectivity index (χ0) is 23.7. The molecule has 3 rings (SSSR count). The number of unbranched alkanes of at least 4 members (excludes halogenated alkanes) is 3. The van der Waals surface area contributed by atoms with Gasteiger partial charge in [0.2, 0.25) is 0 Å². The molecule has 1 aliphatic rings. The van der Waals surface area contributed by atoms with Crippen LogP contribution < -0.4 is 2.89 Å². The zero-order valence-corrected chi connectivity index (χ0v) is 24.9. The Morgan fingerprint density at radius 3 is 2.21 bits per heavy atom. The van der Waals surface area contributed by atoms with Crippen molar-refractivity contribution in [1.82, 2.24) is 4.90 Å². The van der Waals surface area contributed by atoms with Crippen LogP contribution in [0, 0.1) is 0 Å². The van der Waals surface area contributed by atoms with Crippen LogP contribution >= 0.6 is 11.3 Å². The van der Waals surface area contributed by atoms with Crippen LogP contribution in [-0.4, -0.2) is 35.4 Å². The monoisotopic (exact) mass is 577 g/mol. The number of thiophene rings is 1. The van der Waals surface area contributed by atoms with E-state index in [1.54, 1.807) is 2.89 Å². The molecule has 1 aromatic heterocycles. The van der Waals surface area contributed by atoms with Gasteiger partial charge >= 0.3 is 211 Å². The molecule has 1 aromatic carbocycles. The molecule has 1 amide bonds. The Morgan fingerprint density at radius 2 is 1.64 bits per heavy atom. The first kappa shape index (κ1) is 26.6. The summed E-state index contributed by atoms with van der Waals surface area (Å²) in [6.45, 7) is 10.3. The van der Waals surface area contributed by atoms with Gasteiger partial charge in [0.15, 0.2) is 0 Å². The molecule has 0 aliphatic carbocycles. The van der Waals surface area contributed by atoms with Gasteiger partial charge < -0.3 is 0 Å². The molecule has 0 fully saturated rings. The minimum absolute atomic E-state index is 0.178. The van der Waals surface area contributed by atoms with Gasteiger partial charge in [-0.2, -0.15) is 0 Å². The molecule has 1 atom stereocenters. The number of hydrogen-bond acceptors (Lipinski definition) is 3. The summed E-state index contributed by atoms with van der Waals surface area (Å²) in [6, 6.07) is 12.7. The van der Waals surface area contributed by atoms with Crippen molar-refractivity contribution >= 4 is 38.7 Å². The molecule has 0 radical (unpaired) electrons. The Kier molecular flexibility index (Phi) is 10.6. The van der Waals surface area contributed by atoms with Gasteiger partial charge in [0, 0.05) is 0 Å². The van der Waals surface area contributed by atoms with Crippen LogP contribution in [0.5, 0.6) is 0 Å². The van der Waals surface area contributed by atoms with E-state index < -0.39 is 18.4 Å². The molecule has 0 saturated heterocycles. The van der Waals surface area contributed by atoms with Crippen molar-refractivity contribution in [2.75, 3.05) is 0 Å². The number of nitrogens with zero attached hydrogens (tertiary/aromatic N) is 1. The fraction of sp³-hybridized carbons (Fsp3) is 0.607. The van der Waals surface area contributed by atoms with Crippen molar-refractivity contribution in [3.8, 4) is 0 Å². The van der Waals surface area contributed by atoms with Crippen molar-refractivity contribution in [2.24, 2.45) is 0 Å². The summed E-state index contributed by atoms with van der Waals surface area (Å²) in [5.74, 6) is 0. The van der Waals surface area contributed by atoms with Crippen LogP contribution in [0.25, 0.3) is 0 Å². The summed E-state index contributed by atoms with van der Waals surface area (Å²) in [5, 5.41) is 0. The van der Waals surface area contributed by atoms with Crippen molar-refractivity contribution in [2.45, 2.75) is 105 Å². The third-order valence-electron chi connectivity index (χ3n) is 7.24. The third-order valence-corrected chi connectivity index (χ3v) is 26.6. The van der Waals surface area contributed by atoms with Crippen molar-refractivity contribution in [1.29, 1.82) is 0 Å². The zero-order valence-electron chi connectivity index (χ0n) is 21.2. The molecule has 3 nitrogen and oxygen atoms in total. The molecule has 2 aromatic rings. The Bertz CT molecular complexity index is 844. The van der Waals surface area contributed by atoms with Crippen LogP contribution in [0.4, 0.5) is 4.79 Å². The molecular formula is C28H43NO2SSn. The molecule has 0 saturated carbocycles. The predicted molar refractivity (Wildman–Crippen MR) is 144 cm³/mol. The van der Waals surface area contributed by atoms with Gasteiger partial charge in [0.1, 0.15) is 0 Å². The summed E-state index contributed by atoms with van der Waals surface area (Å²) < 4.78 is 12.0. The third kappa shape index (κ3) is 7.00. The number of carbonyl (C=O) groups is 1. The molecule has 1 unspecified atom stereocenters. The molecule has 0 bridgehead atoms. The second-order valence-electron chi connectivity index (χ2n) is 9.87. The van der Waals surface area contributed by atoms with Crippen LogP contribution in [-0.2, 0) is 24.3 Å². The molecule has 2 heterocycles. The number of hydrogen-bond donors (Lipinski definition) is 0. The topological polar surface area (TPSA) is 29.5 Å². The molecule has 5 heteroatoms. The SMILES string of the molecule is CCC[CH2][Sn]([CH2]CCC)([CH2]CCC)[c]1cc2c(s1)CC(C)N(C(=O)OCc1ccccc1)C2. The van der Waals surface area contributed by atoms with Gasteiger partial charge in [-0.1, -0.05) is 0 Å². The summed E-state index contributed by atoms with van der Waals surface area (Å²) in [6.07, 6.45) is 8.88. The average Bonchev–Trinajstić information content (AvgIpc) is 3.25. The summed E-state index contributed by atoms with van der Waals surface area (Å²) in [5.41, 5.74) is 2.44. The Balaban J connectivity index is 1.77. The number of rotatable bonds is 12. The second kappa shape index (κ2) is 13.2. The van der Waals surface area contributed by atoms with Gasteiger partial charge in [0.05, 0.1) is 0 Å². The Hall–Kier alpha value is -1.01. The van der Waals surface area contributed by atoms with E-state index in [-0.39, 0.29) is 12.1 Å². The van der Waals surface area contributed by atoms with E-state index in [9.17, 15) is 4.79 Å². The van der Waals surface area contributed by atoms with E-state index in [2.05, 4.69) is 45.1 Å². The Labute approximate surface area is 209 Å². The van der Waals surface area contributed by atoms with Gasteiger partial charge in [-0.3, -0.25) is 0 Å². The number of fused-ring (bicyclic) bond motifs is 1. The van der Waals surface area contributed by atoms with Gasteiger partial charge in [-0.15, -0.1) is 0 Å². The predicted octanol–water partition coefficient (Wildman–Crippen LogP) is 7.89. The summed E-state index contributed by atoms with van der Waals surface area (Å²) in [7, 11) is 0. The van der Waals surface area contributed by atoms with Gasteiger partial charge in [-0.05, 0) is 0 Å². The first-order valence-corrected chi connectivity index (χ1v) is 21.4. The molecule has 33 heavy (non-hydrogen) atoms. The Morgan fingerprint density at radius 1 is 1.03 bits per heavy atom. The normalized spacial score (nSPS) is 16.0. The maximum absolute atomic E-state index is 12.9. The van der Waals surface area contributed by atoms with E-state index in [4.69, 9.17) is 4.74 Å². The standard InChI is InChI=1S/C16H16NO2S.3C4H9.Sn/c1-12-9-15-14(7-8-20-15)10-17(12)16(18)19-11-13-5-3-2-4-6-13;3*1-3-4-2;/h2-7,12H,9-11H2,1H3;3*1,3-4H2,2H3;. The van der Waals surface area contributed by atoms with Gasteiger partial charge in [0.25, 0.3) is 0 Å². The van der Waals surface area contributed by atoms with Crippen LogP contribution in [0.1, 0.15) is 82.2 Å². The van der Waals surface area contributed by atoms with Crippen molar-refractivity contribution in [3.63, 3.8) is 0 Å². The van der Waals surface area contributed by atoms with E-state index >= 15 is 0 Å². The first-order chi connectivity index (χ1) is 16.0. The molecule has 0 spiro atoms. The van der Waals surface area contributed by atoms with Gasteiger partial charge in [-0.25, -0.2) is 0 Å². The average molecular weight is 576 g/mol. The number of ether oxygens (including phenoxy) is 1. The maximum atomic E-state index is 12.9. The van der Waals surface area contributed by atoms with E-state index in [0.29, 0.717) is 13.2 Å². The first-order valence-electron chi connectivity index (χ1n) is 13.1. The second-order valence-corrected chi connectivity index (χ2v) is 25.2. The fourth-order valence-electron chi connectivity index (χ4n) is 5.09. The van der Waals surface area contributed by atoms with Crippen LogP contribution in [0.15, 0.2) is 36.4 Å². The molecule has 1 aliphatic heterocycles. The number of amides is 1. The van der Waals surface area contributed by atoms with Crippen molar-refractivity contribution in [3.05, 3.63) is 52.4 Å².